The fourth-order valence-electron chi connectivity index (χ4n) is 1.89. The summed E-state index contributed by atoms with van der Waals surface area (Å²) in [4.78, 5) is 13.3. The Labute approximate surface area is 117 Å². The number of fused-ring (bicyclic) bond motifs is 1. The van der Waals surface area contributed by atoms with E-state index in [1.165, 1.54) is 4.90 Å². The predicted molar refractivity (Wildman–Crippen MR) is 77.1 cm³/mol. The van der Waals surface area contributed by atoms with Gasteiger partial charge < -0.3 is 5.32 Å². The topological polar surface area (TPSA) is 29.1 Å². The Morgan fingerprint density at radius 3 is 2.83 bits per heavy atom. The first kappa shape index (κ1) is 13.8. The summed E-state index contributed by atoms with van der Waals surface area (Å²) in [6.07, 6.45) is 0.958. The highest BCUT2D eigenvalue weighted by atomic mass is 35.5. The molecule has 1 amide bonds. The molecular formula is C14H18ClNOS. The number of amides is 1. The van der Waals surface area contributed by atoms with E-state index < -0.39 is 0 Å². The van der Waals surface area contributed by atoms with Crippen molar-refractivity contribution in [3.05, 3.63) is 28.8 Å². The van der Waals surface area contributed by atoms with Crippen LogP contribution < -0.4 is 5.32 Å². The van der Waals surface area contributed by atoms with Gasteiger partial charge in [-0.25, -0.2) is 0 Å². The number of hydrogen-bond donors (Lipinski definition) is 1. The lowest BCUT2D eigenvalue weighted by atomic mass is 9.94. The fraction of sp³-hybridized carbons (Fsp3) is 0.500. The van der Waals surface area contributed by atoms with Crippen LogP contribution in [0.3, 0.4) is 0 Å². The van der Waals surface area contributed by atoms with Crippen LogP contribution in [0, 0.1) is 5.41 Å². The van der Waals surface area contributed by atoms with Crippen LogP contribution in [0.2, 0.25) is 5.02 Å². The van der Waals surface area contributed by atoms with Crippen LogP contribution in [0.1, 0.15) is 38.8 Å². The molecule has 98 valence electrons. The van der Waals surface area contributed by atoms with E-state index in [-0.39, 0.29) is 17.4 Å². The maximum absolute atomic E-state index is 12.1. The zero-order valence-corrected chi connectivity index (χ0v) is 12.5. The van der Waals surface area contributed by atoms with E-state index in [1.807, 2.05) is 50.7 Å². The Kier molecular flexibility index (Phi) is 3.93. The van der Waals surface area contributed by atoms with Gasteiger partial charge in [-0.2, -0.15) is 0 Å². The number of halogens is 1. The lowest BCUT2D eigenvalue weighted by Crippen LogP contribution is -2.38. The van der Waals surface area contributed by atoms with Crippen molar-refractivity contribution in [2.45, 2.75) is 38.1 Å². The van der Waals surface area contributed by atoms with Gasteiger partial charge in [-0.1, -0.05) is 32.4 Å². The number of rotatable bonds is 1. The molecule has 1 unspecified atom stereocenters. The summed E-state index contributed by atoms with van der Waals surface area (Å²) in [6, 6.07) is 6.00. The minimum atomic E-state index is -0.358. The Morgan fingerprint density at radius 1 is 1.44 bits per heavy atom. The van der Waals surface area contributed by atoms with Crippen LogP contribution >= 0.6 is 23.4 Å². The zero-order chi connectivity index (χ0) is 13.3. The van der Waals surface area contributed by atoms with E-state index in [0.717, 1.165) is 22.8 Å². The molecule has 4 heteroatoms. The molecule has 18 heavy (non-hydrogen) atoms. The van der Waals surface area contributed by atoms with Gasteiger partial charge in [0.1, 0.15) is 0 Å². The quantitative estimate of drug-likeness (QED) is 0.843. The first-order valence-corrected chi connectivity index (χ1v) is 7.47. The molecule has 1 aromatic rings. The Morgan fingerprint density at radius 2 is 2.17 bits per heavy atom. The van der Waals surface area contributed by atoms with Gasteiger partial charge in [0.25, 0.3) is 0 Å². The summed E-state index contributed by atoms with van der Waals surface area (Å²) in [7, 11) is 0. The van der Waals surface area contributed by atoms with Crippen LogP contribution in [0.15, 0.2) is 23.1 Å². The molecule has 2 rings (SSSR count). The summed E-state index contributed by atoms with van der Waals surface area (Å²) < 4.78 is 0. The van der Waals surface area contributed by atoms with E-state index in [9.17, 15) is 4.79 Å². The van der Waals surface area contributed by atoms with Crippen molar-refractivity contribution in [3.63, 3.8) is 0 Å². The van der Waals surface area contributed by atoms with Crippen LogP contribution in [0.5, 0.6) is 0 Å². The van der Waals surface area contributed by atoms with Gasteiger partial charge in [0.15, 0.2) is 0 Å². The molecule has 0 saturated heterocycles. The molecule has 1 N–H and O–H groups in total. The van der Waals surface area contributed by atoms with Gasteiger partial charge in [0.05, 0.1) is 6.04 Å². The van der Waals surface area contributed by atoms with E-state index in [1.54, 1.807) is 0 Å². The molecule has 1 aliphatic heterocycles. The number of benzene rings is 1. The van der Waals surface area contributed by atoms with Crippen molar-refractivity contribution in [1.82, 2.24) is 5.32 Å². The van der Waals surface area contributed by atoms with Crippen LogP contribution in [-0.2, 0) is 4.79 Å². The standard InChI is InChI=1S/C14H18ClNOS/c1-14(2,3)13(17)16-11-6-7-18-12-5-4-9(15)8-10(11)12/h4-5,8,11H,6-7H2,1-3H3,(H,16,17). The van der Waals surface area contributed by atoms with Gasteiger partial charge in [-0.05, 0) is 30.2 Å². The van der Waals surface area contributed by atoms with Crippen molar-refractivity contribution >= 4 is 29.3 Å². The molecular weight excluding hydrogens is 266 g/mol. The van der Waals surface area contributed by atoms with E-state index in [4.69, 9.17) is 11.6 Å². The molecule has 1 aromatic carbocycles. The summed E-state index contributed by atoms with van der Waals surface area (Å²) >= 11 is 7.87. The number of nitrogens with one attached hydrogen (secondary N) is 1. The van der Waals surface area contributed by atoms with E-state index >= 15 is 0 Å². The molecule has 2 nitrogen and oxygen atoms in total. The molecule has 0 aromatic heterocycles. The lowest BCUT2D eigenvalue weighted by molar-refractivity contribution is -0.129. The van der Waals surface area contributed by atoms with Gasteiger partial charge in [-0.15, -0.1) is 11.8 Å². The Bertz CT molecular complexity index is 467. The normalized spacial score (nSPS) is 19.2. The minimum Gasteiger partial charge on any atom is -0.349 e. The van der Waals surface area contributed by atoms with Gasteiger partial charge in [0.2, 0.25) is 5.91 Å². The summed E-state index contributed by atoms with van der Waals surface area (Å²) in [5.41, 5.74) is 0.792. The SMILES string of the molecule is CC(C)(C)C(=O)NC1CCSc2ccc(Cl)cc21. The van der Waals surface area contributed by atoms with Crippen LogP contribution in [-0.4, -0.2) is 11.7 Å². The maximum Gasteiger partial charge on any atom is 0.225 e. The molecule has 0 saturated carbocycles. The summed E-state index contributed by atoms with van der Waals surface area (Å²) in [6.45, 7) is 5.79. The Hall–Kier alpha value is -0.670. The van der Waals surface area contributed by atoms with Crippen molar-refractivity contribution in [1.29, 1.82) is 0 Å². The Balaban J connectivity index is 2.22. The second-order valence-electron chi connectivity index (χ2n) is 5.60. The van der Waals surface area contributed by atoms with Gasteiger partial charge in [0, 0.05) is 21.1 Å². The third-order valence-electron chi connectivity index (χ3n) is 3.00. The van der Waals surface area contributed by atoms with Crippen molar-refractivity contribution in [2.24, 2.45) is 5.41 Å². The second-order valence-corrected chi connectivity index (χ2v) is 7.17. The van der Waals surface area contributed by atoms with Crippen LogP contribution in [0.4, 0.5) is 0 Å². The molecule has 0 aliphatic carbocycles. The van der Waals surface area contributed by atoms with Gasteiger partial charge >= 0.3 is 0 Å². The smallest absolute Gasteiger partial charge is 0.225 e. The van der Waals surface area contributed by atoms with Crippen molar-refractivity contribution in [3.8, 4) is 0 Å². The molecule has 1 atom stereocenters. The highest BCUT2D eigenvalue weighted by molar-refractivity contribution is 7.99. The van der Waals surface area contributed by atoms with E-state index in [2.05, 4.69) is 5.32 Å². The average Bonchev–Trinajstić information content (AvgIpc) is 2.28. The third kappa shape index (κ3) is 3.01. The van der Waals surface area contributed by atoms with Crippen molar-refractivity contribution in [2.75, 3.05) is 5.75 Å². The highest BCUT2D eigenvalue weighted by Gasteiger charge is 2.27. The fourth-order valence-corrected chi connectivity index (χ4v) is 3.18. The molecule has 1 heterocycles. The number of carbonyl (C=O) groups excluding carboxylic acids is 1. The minimum absolute atomic E-state index is 0.0883. The first-order valence-electron chi connectivity index (χ1n) is 6.11. The maximum atomic E-state index is 12.1. The van der Waals surface area contributed by atoms with E-state index in [0.29, 0.717) is 0 Å². The van der Waals surface area contributed by atoms with Gasteiger partial charge in [-0.3, -0.25) is 4.79 Å². The third-order valence-corrected chi connectivity index (χ3v) is 4.36. The number of carbonyl (C=O) groups is 1. The number of thioether (sulfide) groups is 1. The van der Waals surface area contributed by atoms with Crippen molar-refractivity contribution < 1.29 is 4.79 Å². The monoisotopic (exact) mass is 283 g/mol. The molecule has 1 aliphatic rings. The molecule has 0 fully saturated rings. The summed E-state index contributed by atoms with van der Waals surface area (Å²) in [5, 5.41) is 3.86. The second kappa shape index (κ2) is 5.14. The zero-order valence-electron chi connectivity index (χ0n) is 10.9. The highest BCUT2D eigenvalue weighted by Crippen LogP contribution is 2.37. The number of hydrogen-bond acceptors (Lipinski definition) is 2. The molecule has 0 bridgehead atoms. The first-order chi connectivity index (χ1) is 8.38. The molecule has 0 radical (unpaired) electrons. The largest absolute Gasteiger partial charge is 0.349 e. The summed E-state index contributed by atoms with van der Waals surface area (Å²) in [5.74, 6) is 1.12. The van der Waals surface area contributed by atoms with Crippen LogP contribution in [0.25, 0.3) is 0 Å². The lowest BCUT2D eigenvalue weighted by Gasteiger charge is -2.29. The molecule has 0 spiro atoms. The predicted octanol–water partition coefficient (Wildman–Crippen LogP) is 4.04. The average molecular weight is 284 g/mol.